The van der Waals surface area contributed by atoms with Crippen molar-refractivity contribution in [3.63, 3.8) is 0 Å². The van der Waals surface area contributed by atoms with E-state index in [4.69, 9.17) is 5.11 Å². The van der Waals surface area contributed by atoms with Crippen LogP contribution in [0.1, 0.15) is 135 Å². The highest BCUT2D eigenvalue weighted by atomic mass is 28.4. The first-order valence-corrected chi connectivity index (χ1v) is 34.9. The summed E-state index contributed by atoms with van der Waals surface area (Å²) < 4.78 is 17.2. The topological polar surface area (TPSA) is 564 Å². The molecule has 1 aliphatic heterocycles. The minimum atomic E-state index is -3.81. The summed E-state index contributed by atoms with van der Waals surface area (Å²) >= 11 is 0. The normalized spacial score (nSPS) is 15.6. The summed E-state index contributed by atoms with van der Waals surface area (Å²) in [6, 6.07) is -5.23. The van der Waals surface area contributed by atoms with Crippen LogP contribution in [-0.2, 0) is 67.1 Å². The number of urea groups is 1. The Bertz CT molecular complexity index is 3050. The van der Waals surface area contributed by atoms with Gasteiger partial charge in [-0.05, 0) is 78.8 Å². The highest BCUT2D eigenvalue weighted by Crippen LogP contribution is 2.51. The fourth-order valence-electron chi connectivity index (χ4n) is 11.3. The molecule has 6 atom stereocenters. The van der Waals surface area contributed by atoms with Gasteiger partial charge in [-0.2, -0.15) is 0 Å². The Kier molecular flexibility index (Phi) is 37.7. The van der Waals surface area contributed by atoms with Gasteiger partial charge in [-0.25, -0.2) is 24.0 Å². The third-order valence-electron chi connectivity index (χ3n) is 16.6. The Morgan fingerprint density at radius 3 is 1.23 bits per heavy atom. The lowest BCUT2D eigenvalue weighted by Gasteiger charge is -2.44. The summed E-state index contributed by atoms with van der Waals surface area (Å²) in [7, 11) is -3.81. The van der Waals surface area contributed by atoms with Crippen LogP contribution in [0.25, 0.3) is 0 Å². The second-order valence-electron chi connectivity index (χ2n) is 26.6. The van der Waals surface area contributed by atoms with E-state index in [1.807, 2.05) is 10.6 Å². The molecule has 39 heteroatoms. The molecular weight excluding hydrogens is 1370 g/mol. The van der Waals surface area contributed by atoms with E-state index in [1.54, 1.807) is 41.5 Å². The van der Waals surface area contributed by atoms with Crippen molar-refractivity contribution >= 4 is 109 Å². The fraction of sp³-hybridized carbons (Fsp3) is 0.651. The SMILES string of the molecule is CC(C)(C)[Si](F)(c1ccc(C(=O)N[C@H](CNC(=O)CC[C@@H](C(=O)O)N2CCN(CC(=O)O)CCN(CC(=O)O)CCN(CC(=O)O)CC2)C(=O)N[C@@H](CCCCNC(=O)CCC(=O)NCCC[C@@H](NC(=O)CC[C@H](NC(=O)N[C@@H](CCC(=O)O)C(=O)O)C(=O)O)C(=O)O)C(=O)O)cc1)C(C)(C)C. The molecule has 0 radical (unpaired) electrons. The quantitative estimate of drug-likeness (QED) is 0.0197. The average molecular weight is 1470 g/mol. The van der Waals surface area contributed by atoms with Gasteiger partial charge in [-0.3, -0.25) is 72.3 Å². The van der Waals surface area contributed by atoms with Crippen molar-refractivity contribution < 1.29 is 127 Å². The summed E-state index contributed by atoms with van der Waals surface area (Å²) in [5, 5.41) is 104. The summed E-state index contributed by atoms with van der Waals surface area (Å²) in [5.41, 5.74) is -0.0342. The van der Waals surface area contributed by atoms with Crippen LogP contribution in [0.15, 0.2) is 24.3 Å². The molecule has 2 rings (SSSR count). The maximum atomic E-state index is 17.2. The molecule has 0 unspecified atom stereocenters. The second kappa shape index (κ2) is 43.4. The van der Waals surface area contributed by atoms with E-state index in [2.05, 4.69) is 31.9 Å². The Morgan fingerprint density at radius 1 is 0.412 bits per heavy atom. The molecule has 1 aromatic carbocycles. The van der Waals surface area contributed by atoms with Crippen molar-refractivity contribution in [1.29, 1.82) is 0 Å². The molecule has 1 aromatic rings. The average Bonchev–Trinajstić information content (AvgIpc) is 0.748. The summed E-state index contributed by atoms with van der Waals surface area (Å²) in [4.78, 5) is 204. The van der Waals surface area contributed by atoms with E-state index < -0.39 is 208 Å². The highest BCUT2D eigenvalue weighted by molar-refractivity contribution is 6.90. The van der Waals surface area contributed by atoms with Crippen molar-refractivity contribution in [3.8, 4) is 0 Å². The monoisotopic (exact) mass is 1470 g/mol. The third kappa shape index (κ3) is 32.9. The maximum Gasteiger partial charge on any atom is 0.326 e. The van der Waals surface area contributed by atoms with Crippen LogP contribution in [0.4, 0.5) is 8.90 Å². The van der Waals surface area contributed by atoms with E-state index in [1.165, 1.54) is 43.9 Å². The van der Waals surface area contributed by atoms with Crippen LogP contribution in [0.5, 0.6) is 0 Å². The summed E-state index contributed by atoms with van der Waals surface area (Å²) in [5.74, 6) is -17.4. The fourth-order valence-corrected chi connectivity index (χ4v) is 16.0. The van der Waals surface area contributed by atoms with Crippen LogP contribution < -0.4 is 47.7 Å². The molecule has 1 saturated heterocycles. The summed E-state index contributed by atoms with van der Waals surface area (Å²) in [6.07, 6.45) is -4.07. The van der Waals surface area contributed by atoms with Gasteiger partial charge in [0, 0.05) is 110 Å². The number of carbonyl (C=O) groups excluding carboxylic acids is 7. The first kappa shape index (κ1) is 88.6. The molecule has 1 aliphatic rings. The number of halogens is 1. The van der Waals surface area contributed by atoms with Crippen molar-refractivity contribution in [2.24, 2.45) is 0 Å². The smallest absolute Gasteiger partial charge is 0.326 e. The van der Waals surface area contributed by atoms with Gasteiger partial charge in [-0.1, -0.05) is 53.7 Å². The van der Waals surface area contributed by atoms with Crippen LogP contribution in [0.2, 0.25) is 10.1 Å². The molecule has 37 nitrogen and oxygen atoms in total. The van der Waals surface area contributed by atoms with Crippen LogP contribution in [0.3, 0.4) is 0 Å². The number of carbonyl (C=O) groups is 16. The zero-order valence-electron chi connectivity index (χ0n) is 58.1. The van der Waals surface area contributed by atoms with E-state index >= 15 is 4.11 Å². The van der Waals surface area contributed by atoms with E-state index in [-0.39, 0.29) is 122 Å². The van der Waals surface area contributed by atoms with E-state index in [0.717, 1.165) is 0 Å². The largest absolute Gasteiger partial charge is 0.481 e. The molecule has 102 heavy (non-hydrogen) atoms. The number of carboxylic acid groups (broad SMARTS) is 9. The number of hydrogen-bond donors (Lipinski definition) is 17. The van der Waals surface area contributed by atoms with Crippen molar-refractivity contribution in [2.45, 2.75) is 171 Å². The molecule has 8 amide bonds. The molecule has 1 fully saturated rings. The zero-order chi connectivity index (χ0) is 77.2. The van der Waals surface area contributed by atoms with Gasteiger partial charge in [0.05, 0.1) is 19.6 Å². The number of hydrogen-bond acceptors (Lipinski definition) is 20. The van der Waals surface area contributed by atoms with Gasteiger partial charge in [0.1, 0.15) is 36.3 Å². The first-order chi connectivity index (χ1) is 47.5. The van der Waals surface area contributed by atoms with Crippen LogP contribution in [0, 0.1) is 0 Å². The minimum Gasteiger partial charge on any atom is -0.481 e. The van der Waals surface area contributed by atoms with Gasteiger partial charge in [0.25, 0.3) is 14.3 Å². The van der Waals surface area contributed by atoms with Gasteiger partial charge in [-0.15, -0.1) is 0 Å². The van der Waals surface area contributed by atoms with E-state index in [9.17, 15) is 118 Å². The van der Waals surface area contributed by atoms with Crippen LogP contribution >= 0.6 is 0 Å². The zero-order valence-corrected chi connectivity index (χ0v) is 59.1. The third-order valence-corrected chi connectivity index (χ3v) is 21.9. The molecule has 0 bridgehead atoms. The molecule has 0 saturated carbocycles. The number of carboxylic acids is 9. The molecular formula is C63H99FN12O25Si. The van der Waals surface area contributed by atoms with Crippen molar-refractivity contribution in [1.82, 2.24) is 62.1 Å². The molecule has 0 aromatic heterocycles. The number of aliphatic carboxylic acids is 9. The number of unbranched alkanes of at least 4 members (excludes halogenated alkanes) is 1. The van der Waals surface area contributed by atoms with Gasteiger partial charge >= 0.3 is 59.8 Å². The van der Waals surface area contributed by atoms with Crippen molar-refractivity contribution in [2.75, 3.05) is 91.6 Å². The standard InChI is InChI=1S/C63H99FN12O25Si/c1-62(2,3)102(64,63(4,5)6)39-14-12-38(13-15-39)54(89)70-44(34-67-48(79)20-18-45(60(99)100)76-32-30-74(36-52(85)86)28-26-73(35-51(83)84)27-29-75(31-33-76)37-53(87)88)55(90)69-41(57(93)94)10-7-8-24-65-46(77)21-22-47(78)66-25-9-11-40(56(91)92)68-49(80)19-16-42(58(95)96)71-61(101)72-43(59(97)98)17-23-50(81)82/h12-15,40-45H,7-11,16-37H2,1-6H3,(H,65,77)(H,66,78)(H,67,79)(H,68,80)(H,69,90)(H,70,89)(H,81,82)(H,83,84)(H,85,86)(H,87,88)(H,91,92)(H,93,94)(H,95,96)(H,97,98)(H,99,100)(H2,71,72,101)/t40-,41+,42+,43+,44-,45+/m1/s1. The van der Waals surface area contributed by atoms with Gasteiger partial charge < -0.3 is 92.6 Å². The predicted molar refractivity (Wildman–Crippen MR) is 359 cm³/mol. The van der Waals surface area contributed by atoms with E-state index in [0.29, 0.717) is 5.19 Å². The highest BCUT2D eigenvalue weighted by Gasteiger charge is 2.56. The van der Waals surface area contributed by atoms with Crippen LogP contribution in [-0.4, -0.2) is 297 Å². The molecule has 1 heterocycles. The minimum absolute atomic E-state index is 0.000572. The predicted octanol–water partition coefficient (Wildman–Crippen LogP) is -1.72. The lowest BCUT2D eigenvalue weighted by Crippen LogP contribution is -2.58. The van der Waals surface area contributed by atoms with Crippen molar-refractivity contribution in [3.05, 3.63) is 29.8 Å². The first-order valence-electron chi connectivity index (χ1n) is 33.0. The lowest BCUT2D eigenvalue weighted by molar-refractivity contribution is -0.145. The number of nitrogens with zero attached hydrogens (tertiary/aromatic N) is 4. The van der Waals surface area contributed by atoms with Gasteiger partial charge in [0.2, 0.25) is 29.5 Å². The number of amides is 8. The van der Waals surface area contributed by atoms with Gasteiger partial charge in [0.15, 0.2) is 0 Å². The number of benzene rings is 1. The second-order valence-corrected chi connectivity index (χ2v) is 31.5. The Labute approximate surface area is 588 Å². The Hall–Kier alpha value is -9.47. The Morgan fingerprint density at radius 2 is 0.804 bits per heavy atom. The molecule has 17 N–H and O–H groups in total. The maximum absolute atomic E-state index is 17.2. The Balaban J connectivity index is 2.13. The number of nitrogens with one attached hydrogen (secondary N) is 8. The summed E-state index contributed by atoms with van der Waals surface area (Å²) in [6.45, 7) is 8.55. The number of rotatable bonds is 43. The molecule has 572 valence electrons. The molecule has 0 spiro atoms. The molecule has 0 aliphatic carbocycles. The lowest BCUT2D eigenvalue weighted by atomic mass is 10.1.